The minimum absolute atomic E-state index is 0.122. The lowest BCUT2D eigenvalue weighted by Gasteiger charge is -2.24. The van der Waals surface area contributed by atoms with Crippen LogP contribution in [0.15, 0.2) is 16.6 Å². The monoisotopic (exact) mass is 381 g/mol. The van der Waals surface area contributed by atoms with Crippen LogP contribution in [0.1, 0.15) is 44.9 Å². The van der Waals surface area contributed by atoms with E-state index in [1.807, 2.05) is 0 Å². The van der Waals surface area contributed by atoms with Crippen LogP contribution in [0.25, 0.3) is 0 Å². The first-order valence-corrected chi connectivity index (χ1v) is 8.44. The van der Waals surface area contributed by atoms with Crippen LogP contribution in [-0.2, 0) is 0 Å². The zero-order chi connectivity index (χ0) is 15.2. The smallest absolute Gasteiger partial charge is 0.387 e. The lowest BCUT2D eigenvalue weighted by molar-refractivity contribution is -0.0499. The maximum Gasteiger partial charge on any atom is 0.387 e. The Morgan fingerprint density at radius 1 is 1.14 bits per heavy atom. The van der Waals surface area contributed by atoms with E-state index in [1.54, 1.807) is 12.1 Å². The van der Waals surface area contributed by atoms with Crippen LogP contribution in [0.5, 0.6) is 5.75 Å². The molecule has 0 amide bonds. The summed E-state index contributed by atoms with van der Waals surface area (Å²) in [5.41, 5.74) is 0.528. The molecule has 0 aliphatic heterocycles. The predicted molar refractivity (Wildman–Crippen MR) is 85.5 cm³/mol. The highest BCUT2D eigenvalue weighted by molar-refractivity contribution is 9.10. The van der Waals surface area contributed by atoms with E-state index in [0.717, 1.165) is 25.7 Å². The summed E-state index contributed by atoms with van der Waals surface area (Å²) < 4.78 is 30.2. The van der Waals surface area contributed by atoms with Crippen molar-refractivity contribution >= 4 is 33.2 Å². The third kappa shape index (κ3) is 5.29. The van der Waals surface area contributed by atoms with E-state index in [-0.39, 0.29) is 11.8 Å². The molecule has 0 atom stereocenters. The molecule has 0 spiro atoms. The molecule has 1 fully saturated rings. The van der Waals surface area contributed by atoms with Crippen LogP contribution in [0, 0.1) is 0 Å². The molecule has 1 saturated carbocycles. The van der Waals surface area contributed by atoms with E-state index < -0.39 is 6.61 Å². The van der Waals surface area contributed by atoms with Gasteiger partial charge >= 0.3 is 6.61 Å². The van der Waals surface area contributed by atoms with Gasteiger partial charge in [0.2, 0.25) is 0 Å². The molecule has 2 rings (SSSR count). The highest BCUT2D eigenvalue weighted by Gasteiger charge is 2.18. The fraction of sp³-hybridized carbons (Fsp3) is 0.600. The van der Waals surface area contributed by atoms with Crippen molar-refractivity contribution < 1.29 is 13.5 Å². The number of ether oxygens (including phenoxy) is 1. The number of rotatable bonds is 4. The molecule has 0 bridgehead atoms. The van der Waals surface area contributed by atoms with E-state index in [0.29, 0.717) is 15.2 Å². The summed E-state index contributed by atoms with van der Waals surface area (Å²) in [4.78, 5) is 0. The van der Waals surface area contributed by atoms with Gasteiger partial charge in [-0.15, -0.1) is 0 Å². The maximum absolute atomic E-state index is 12.6. The standard InChI is InChI=1S/C15H19BrClF2NO/c16-12-8-10(17)9-13(14(12)21-15(18)19)20-11-6-4-2-1-3-5-7-11/h8-9,11,15,20H,1-7H2. The van der Waals surface area contributed by atoms with Gasteiger partial charge in [-0.1, -0.05) is 43.7 Å². The third-order valence-electron chi connectivity index (χ3n) is 3.68. The summed E-state index contributed by atoms with van der Waals surface area (Å²) in [5.74, 6) is 0.122. The van der Waals surface area contributed by atoms with Gasteiger partial charge in [0.05, 0.1) is 10.2 Å². The third-order valence-corrected chi connectivity index (χ3v) is 4.49. The van der Waals surface area contributed by atoms with Crippen molar-refractivity contribution in [1.29, 1.82) is 0 Å². The van der Waals surface area contributed by atoms with Gasteiger partial charge in [0, 0.05) is 11.1 Å². The summed E-state index contributed by atoms with van der Waals surface area (Å²) in [6, 6.07) is 3.47. The number of hydrogen-bond acceptors (Lipinski definition) is 2. The normalized spacial score (nSPS) is 17.4. The van der Waals surface area contributed by atoms with Crippen molar-refractivity contribution in [3.8, 4) is 5.75 Å². The average Bonchev–Trinajstić information content (AvgIpc) is 2.36. The number of hydrogen-bond donors (Lipinski definition) is 1. The highest BCUT2D eigenvalue weighted by atomic mass is 79.9. The molecule has 118 valence electrons. The molecular weight excluding hydrogens is 364 g/mol. The summed E-state index contributed by atoms with van der Waals surface area (Å²) in [7, 11) is 0. The fourth-order valence-corrected chi connectivity index (χ4v) is 3.60. The Kier molecular flexibility index (Phi) is 6.55. The number of benzene rings is 1. The predicted octanol–water partition coefficient (Wildman–Crippen LogP) is 6.23. The Bertz CT molecular complexity index is 465. The van der Waals surface area contributed by atoms with Gasteiger partial charge in [-0.25, -0.2) is 0 Å². The number of anilines is 1. The maximum atomic E-state index is 12.6. The molecule has 1 aliphatic carbocycles. The second-order valence-corrected chi connectivity index (χ2v) is 6.62. The minimum atomic E-state index is -2.86. The molecule has 2 nitrogen and oxygen atoms in total. The van der Waals surface area contributed by atoms with Gasteiger partial charge in [0.1, 0.15) is 0 Å². The van der Waals surface area contributed by atoms with Crippen molar-refractivity contribution in [2.24, 2.45) is 0 Å². The van der Waals surface area contributed by atoms with Crippen LogP contribution in [-0.4, -0.2) is 12.7 Å². The van der Waals surface area contributed by atoms with E-state index in [1.165, 1.54) is 19.3 Å². The molecule has 0 aromatic heterocycles. The van der Waals surface area contributed by atoms with Crippen molar-refractivity contribution in [3.63, 3.8) is 0 Å². The highest BCUT2D eigenvalue weighted by Crippen LogP contribution is 2.38. The minimum Gasteiger partial charge on any atom is -0.431 e. The van der Waals surface area contributed by atoms with Crippen molar-refractivity contribution in [3.05, 3.63) is 21.6 Å². The summed E-state index contributed by atoms with van der Waals surface area (Å²) in [6.45, 7) is -2.86. The zero-order valence-electron chi connectivity index (χ0n) is 11.7. The van der Waals surface area contributed by atoms with Crippen molar-refractivity contribution in [2.45, 2.75) is 57.6 Å². The van der Waals surface area contributed by atoms with Gasteiger partial charge in [-0.05, 0) is 40.9 Å². The zero-order valence-corrected chi connectivity index (χ0v) is 14.0. The van der Waals surface area contributed by atoms with Gasteiger partial charge in [0.15, 0.2) is 5.75 Å². The van der Waals surface area contributed by atoms with Gasteiger partial charge in [0.25, 0.3) is 0 Å². The van der Waals surface area contributed by atoms with Gasteiger partial charge in [-0.2, -0.15) is 8.78 Å². The molecule has 0 radical (unpaired) electrons. The molecular formula is C15H19BrClF2NO. The topological polar surface area (TPSA) is 21.3 Å². The van der Waals surface area contributed by atoms with Gasteiger partial charge < -0.3 is 10.1 Å². The van der Waals surface area contributed by atoms with Gasteiger partial charge in [-0.3, -0.25) is 0 Å². The van der Waals surface area contributed by atoms with Crippen LogP contribution >= 0.6 is 27.5 Å². The fourth-order valence-electron chi connectivity index (χ4n) is 2.70. The molecule has 0 unspecified atom stereocenters. The van der Waals surface area contributed by atoms with Crippen LogP contribution in [0.4, 0.5) is 14.5 Å². The van der Waals surface area contributed by atoms with Crippen LogP contribution in [0.2, 0.25) is 5.02 Å². The van der Waals surface area contributed by atoms with E-state index >= 15 is 0 Å². The lowest BCUT2D eigenvalue weighted by atomic mass is 9.96. The summed E-state index contributed by atoms with van der Waals surface area (Å²) in [6.07, 6.45) is 8.15. The number of nitrogens with one attached hydrogen (secondary N) is 1. The number of halogens is 4. The molecule has 1 N–H and O–H groups in total. The second-order valence-electron chi connectivity index (χ2n) is 5.33. The summed E-state index contributed by atoms with van der Waals surface area (Å²) in [5, 5.41) is 3.81. The average molecular weight is 383 g/mol. The summed E-state index contributed by atoms with van der Waals surface area (Å²) >= 11 is 9.26. The molecule has 0 saturated heterocycles. The van der Waals surface area contributed by atoms with Crippen molar-refractivity contribution in [2.75, 3.05) is 5.32 Å². The Hall–Kier alpha value is -0.550. The van der Waals surface area contributed by atoms with Crippen LogP contribution < -0.4 is 10.1 Å². The first-order chi connectivity index (χ1) is 10.1. The van der Waals surface area contributed by atoms with E-state index in [9.17, 15) is 8.78 Å². The van der Waals surface area contributed by atoms with E-state index in [4.69, 9.17) is 11.6 Å². The van der Waals surface area contributed by atoms with E-state index in [2.05, 4.69) is 26.0 Å². The Morgan fingerprint density at radius 3 is 2.38 bits per heavy atom. The Labute approximate surface area is 137 Å². The quantitative estimate of drug-likeness (QED) is 0.666. The SMILES string of the molecule is FC(F)Oc1c(Br)cc(Cl)cc1NC1CCCCCCC1. The first kappa shape index (κ1) is 16.8. The second kappa shape index (κ2) is 8.18. The Balaban J connectivity index is 2.16. The van der Waals surface area contributed by atoms with Crippen LogP contribution in [0.3, 0.4) is 0 Å². The molecule has 21 heavy (non-hydrogen) atoms. The number of alkyl halides is 2. The first-order valence-electron chi connectivity index (χ1n) is 7.26. The molecule has 0 heterocycles. The molecule has 1 aromatic rings. The molecule has 6 heteroatoms. The molecule has 1 aliphatic rings. The lowest BCUT2D eigenvalue weighted by Crippen LogP contribution is -2.21. The Morgan fingerprint density at radius 2 is 1.76 bits per heavy atom. The molecule has 1 aromatic carbocycles. The largest absolute Gasteiger partial charge is 0.431 e. The van der Waals surface area contributed by atoms with Crippen molar-refractivity contribution in [1.82, 2.24) is 0 Å².